The number of esters is 2. The first kappa shape index (κ1) is 51.0. The van der Waals surface area contributed by atoms with Gasteiger partial charge in [0.15, 0.2) is 6.10 Å². The van der Waals surface area contributed by atoms with Crippen LogP contribution in [0.15, 0.2) is 48.6 Å². The van der Waals surface area contributed by atoms with Crippen LogP contribution in [0.3, 0.4) is 0 Å². The Morgan fingerprint density at radius 3 is 1.62 bits per heavy atom. The summed E-state index contributed by atoms with van der Waals surface area (Å²) in [6, 6.07) is 0. The fourth-order valence-electron chi connectivity index (χ4n) is 5.40. The quantitative estimate of drug-likeness (QED) is 0.0284. The molecule has 2 unspecified atom stereocenters. The lowest BCUT2D eigenvalue weighted by Gasteiger charge is -2.20. The third kappa shape index (κ3) is 39.5. The van der Waals surface area contributed by atoms with E-state index in [1.54, 1.807) is 0 Å². The summed E-state index contributed by atoms with van der Waals surface area (Å²) in [5.74, 6) is -0.830. The van der Waals surface area contributed by atoms with E-state index in [1.807, 2.05) is 19.0 Å². The molecule has 0 amide bonds. The average Bonchev–Trinajstić information content (AvgIpc) is 3.12. The van der Waals surface area contributed by atoms with Crippen molar-refractivity contribution in [1.29, 1.82) is 0 Å². The first-order valence-corrected chi connectivity index (χ1v) is 22.4. The summed E-state index contributed by atoms with van der Waals surface area (Å²) >= 11 is 0. The van der Waals surface area contributed by atoms with Crippen LogP contribution < -0.4 is 0 Å². The van der Waals surface area contributed by atoms with Crippen molar-refractivity contribution in [3.8, 4) is 0 Å². The molecule has 0 aromatic rings. The number of carbonyl (C=O) groups excluding carboxylic acids is 2. The Morgan fingerprint density at radius 1 is 0.604 bits per heavy atom. The Morgan fingerprint density at radius 2 is 1.08 bits per heavy atom. The van der Waals surface area contributed by atoms with Gasteiger partial charge in [-0.05, 0) is 84.7 Å². The van der Waals surface area contributed by atoms with Gasteiger partial charge in [-0.3, -0.25) is 18.6 Å². The predicted octanol–water partition coefficient (Wildman–Crippen LogP) is 11.8. The van der Waals surface area contributed by atoms with Gasteiger partial charge in [-0.15, -0.1) is 0 Å². The summed E-state index contributed by atoms with van der Waals surface area (Å²) < 4.78 is 33.4. The number of phosphoric acid groups is 1. The van der Waals surface area contributed by atoms with Gasteiger partial charge in [0.2, 0.25) is 0 Å². The van der Waals surface area contributed by atoms with Crippen LogP contribution in [0.2, 0.25) is 0 Å². The number of rotatable bonds is 38. The number of allylic oxidation sites excluding steroid dienone is 8. The molecular weight excluding hydrogens is 689 g/mol. The zero-order chi connectivity index (χ0) is 39.1. The van der Waals surface area contributed by atoms with Crippen LogP contribution in [0.25, 0.3) is 0 Å². The molecule has 0 heterocycles. The highest BCUT2D eigenvalue weighted by Crippen LogP contribution is 2.43. The topological polar surface area (TPSA) is 112 Å². The summed E-state index contributed by atoms with van der Waals surface area (Å²) in [6.45, 7) is 4.16. The Labute approximate surface area is 324 Å². The summed E-state index contributed by atoms with van der Waals surface area (Å²) in [7, 11) is -0.725. The molecular formula is C43H78NO8P. The first-order chi connectivity index (χ1) is 25.7. The third-order valence-electron chi connectivity index (χ3n) is 8.62. The van der Waals surface area contributed by atoms with Gasteiger partial charge in [0.05, 0.1) is 13.2 Å². The molecule has 0 spiro atoms. The van der Waals surface area contributed by atoms with Gasteiger partial charge in [-0.1, -0.05) is 133 Å². The van der Waals surface area contributed by atoms with Gasteiger partial charge >= 0.3 is 19.8 Å². The fourth-order valence-corrected chi connectivity index (χ4v) is 6.14. The second kappa shape index (κ2) is 38.3. The van der Waals surface area contributed by atoms with Crippen molar-refractivity contribution in [2.24, 2.45) is 0 Å². The molecule has 0 saturated carbocycles. The summed E-state index contributed by atoms with van der Waals surface area (Å²) in [5.41, 5.74) is 0. The van der Waals surface area contributed by atoms with Crippen LogP contribution in [0, 0.1) is 0 Å². The standard InChI is InChI=1S/C43H78NO8P/c1-5-7-9-11-13-15-17-19-21-23-25-27-29-31-33-35-42(45)49-39-41(40-51-53(47,48)50-38-37-44(3)4)52-43(46)36-34-32-30-28-26-24-22-20-18-16-14-12-10-8-6-2/h7,9,13,15-16,18-19,21,41H,5-6,8,10-12,14,17,20,22-40H2,1-4H3,(H,47,48)/b9-7-,15-13-,18-16-,21-19-. The zero-order valence-corrected chi connectivity index (χ0v) is 35.1. The van der Waals surface area contributed by atoms with Gasteiger partial charge in [0.25, 0.3) is 0 Å². The number of hydrogen-bond acceptors (Lipinski definition) is 8. The fraction of sp³-hybridized carbons (Fsp3) is 0.767. The maximum Gasteiger partial charge on any atom is 0.472 e. The van der Waals surface area contributed by atoms with Crippen molar-refractivity contribution in [1.82, 2.24) is 4.90 Å². The molecule has 0 aliphatic carbocycles. The molecule has 1 N–H and O–H groups in total. The number of likely N-dealkylation sites (N-methyl/N-ethyl adjacent to an activating group) is 1. The van der Waals surface area contributed by atoms with E-state index in [0.717, 1.165) is 77.0 Å². The van der Waals surface area contributed by atoms with Gasteiger partial charge in [0.1, 0.15) is 6.61 Å². The summed E-state index contributed by atoms with van der Waals surface area (Å²) in [5, 5.41) is 0. The van der Waals surface area contributed by atoms with Crippen LogP contribution in [-0.2, 0) is 32.7 Å². The molecule has 0 aromatic heterocycles. The van der Waals surface area contributed by atoms with Crippen LogP contribution in [0.1, 0.15) is 168 Å². The average molecular weight is 768 g/mol. The molecule has 9 nitrogen and oxygen atoms in total. The Bertz CT molecular complexity index is 1030. The maximum atomic E-state index is 12.6. The summed E-state index contributed by atoms with van der Waals surface area (Å²) in [6.07, 6.45) is 41.5. The normalized spacial score (nSPS) is 13.9. The highest BCUT2D eigenvalue weighted by molar-refractivity contribution is 7.47. The van der Waals surface area contributed by atoms with Crippen molar-refractivity contribution in [3.05, 3.63) is 48.6 Å². The Kier molecular flexibility index (Phi) is 36.8. The number of carbonyl (C=O) groups is 2. The minimum Gasteiger partial charge on any atom is -0.462 e. The number of unbranched alkanes of at least 4 members (excludes halogenated alkanes) is 16. The molecule has 0 bridgehead atoms. The van der Waals surface area contributed by atoms with E-state index in [4.69, 9.17) is 18.5 Å². The number of ether oxygens (including phenoxy) is 2. The molecule has 0 saturated heterocycles. The minimum atomic E-state index is -4.36. The van der Waals surface area contributed by atoms with Crippen molar-refractivity contribution in [2.45, 2.75) is 174 Å². The monoisotopic (exact) mass is 768 g/mol. The van der Waals surface area contributed by atoms with Crippen molar-refractivity contribution in [2.75, 3.05) is 40.5 Å². The molecule has 0 aliphatic rings. The molecule has 0 rings (SSSR count). The third-order valence-corrected chi connectivity index (χ3v) is 9.60. The SMILES string of the molecule is CC/C=C\C/C=C\C/C=C\CCCCCCCC(=O)OCC(COP(=O)(O)OCCN(C)C)OC(=O)CCCCCCCCC/C=C\CCCCCC. The van der Waals surface area contributed by atoms with E-state index in [9.17, 15) is 19.0 Å². The second-order valence-electron chi connectivity index (χ2n) is 14.1. The van der Waals surface area contributed by atoms with Crippen molar-refractivity contribution < 1.29 is 37.6 Å². The minimum absolute atomic E-state index is 0.00217. The molecule has 10 heteroatoms. The van der Waals surface area contributed by atoms with Crippen molar-refractivity contribution in [3.63, 3.8) is 0 Å². The number of hydrogen-bond donors (Lipinski definition) is 1. The van der Waals surface area contributed by atoms with E-state index < -0.39 is 26.5 Å². The van der Waals surface area contributed by atoms with Crippen LogP contribution in [0.5, 0.6) is 0 Å². The molecule has 53 heavy (non-hydrogen) atoms. The zero-order valence-electron chi connectivity index (χ0n) is 34.2. The first-order valence-electron chi connectivity index (χ1n) is 20.9. The molecule has 308 valence electrons. The molecule has 0 aromatic carbocycles. The predicted molar refractivity (Wildman–Crippen MR) is 220 cm³/mol. The van der Waals surface area contributed by atoms with E-state index in [0.29, 0.717) is 19.4 Å². The highest BCUT2D eigenvalue weighted by Gasteiger charge is 2.26. The lowest BCUT2D eigenvalue weighted by atomic mass is 10.1. The van der Waals surface area contributed by atoms with Gasteiger partial charge in [0, 0.05) is 19.4 Å². The lowest BCUT2D eigenvalue weighted by Crippen LogP contribution is -2.29. The van der Waals surface area contributed by atoms with Crippen molar-refractivity contribution >= 4 is 19.8 Å². The highest BCUT2D eigenvalue weighted by atomic mass is 31.2. The van der Waals surface area contributed by atoms with Gasteiger partial charge in [-0.25, -0.2) is 4.57 Å². The summed E-state index contributed by atoms with van der Waals surface area (Å²) in [4.78, 5) is 37.0. The van der Waals surface area contributed by atoms with E-state index in [1.165, 1.54) is 51.4 Å². The molecule has 0 fully saturated rings. The van der Waals surface area contributed by atoms with E-state index in [-0.39, 0.29) is 32.0 Å². The van der Waals surface area contributed by atoms with Crippen LogP contribution >= 0.6 is 7.82 Å². The number of phosphoric ester groups is 1. The molecule has 0 aliphatic heterocycles. The van der Waals surface area contributed by atoms with Gasteiger partial charge in [-0.2, -0.15) is 0 Å². The maximum absolute atomic E-state index is 12.6. The number of nitrogens with zero attached hydrogens (tertiary/aromatic N) is 1. The smallest absolute Gasteiger partial charge is 0.462 e. The van der Waals surface area contributed by atoms with Crippen LogP contribution in [-0.4, -0.2) is 68.3 Å². The lowest BCUT2D eigenvalue weighted by molar-refractivity contribution is -0.161. The molecule has 2 atom stereocenters. The van der Waals surface area contributed by atoms with Gasteiger partial charge < -0.3 is 19.3 Å². The largest absolute Gasteiger partial charge is 0.472 e. The Balaban J connectivity index is 4.35. The van der Waals surface area contributed by atoms with Crippen LogP contribution in [0.4, 0.5) is 0 Å². The molecule has 0 radical (unpaired) electrons. The second-order valence-corrected chi connectivity index (χ2v) is 15.6. The Hall–Kier alpha value is -2.03. The van der Waals surface area contributed by atoms with E-state index in [2.05, 4.69) is 62.5 Å². The van der Waals surface area contributed by atoms with E-state index >= 15 is 0 Å².